The second-order valence-electron chi connectivity index (χ2n) is 10.1. The summed E-state index contributed by atoms with van der Waals surface area (Å²) in [7, 11) is 1.71. The van der Waals surface area contributed by atoms with Crippen LogP contribution in [-0.4, -0.2) is 31.3 Å². The highest BCUT2D eigenvalue weighted by atomic mass is 16.5. The number of anilines is 1. The number of aliphatic hydroxyl groups is 1. The molecule has 0 bridgehead atoms. The van der Waals surface area contributed by atoms with Crippen molar-refractivity contribution in [3.05, 3.63) is 58.4 Å². The lowest BCUT2D eigenvalue weighted by Crippen LogP contribution is -2.18. The summed E-state index contributed by atoms with van der Waals surface area (Å²) in [6, 6.07) is 2.25. The predicted octanol–water partition coefficient (Wildman–Crippen LogP) is 6.65. The molecule has 0 aromatic heterocycles. The molecule has 0 radical (unpaired) electrons. The van der Waals surface area contributed by atoms with Gasteiger partial charge in [0.05, 0.1) is 18.4 Å². The third-order valence-electron chi connectivity index (χ3n) is 7.79. The van der Waals surface area contributed by atoms with Crippen LogP contribution in [-0.2, 0) is 4.74 Å². The fraction of sp³-hybridized carbons (Fsp3) is 0.567. The van der Waals surface area contributed by atoms with Crippen LogP contribution in [0.25, 0.3) is 5.57 Å². The number of carbonyl (C=O) groups excluding carboxylic acids is 1. The molecule has 1 aromatic carbocycles. The van der Waals surface area contributed by atoms with Crippen molar-refractivity contribution in [1.29, 1.82) is 0 Å². The standard InChI is InChI=1S/C30H44N2O3/c1-5-21(19-33)12-8-7-11-20(3)25-17-26(23-13-9-10-14-24(35-4)16-15-23)27-22(6-2)18-32-29(27)28(25)30(31)34/h13-17,20-22,32-33H,5-12,18-19H2,1-4H3,(H2,31,34)/b16-15-,23-13+,24-14-/t20?,21-,22?/m1/s1. The van der Waals surface area contributed by atoms with Crippen molar-refractivity contribution < 1.29 is 14.6 Å². The minimum atomic E-state index is -0.350. The maximum absolute atomic E-state index is 12.7. The first-order valence-corrected chi connectivity index (χ1v) is 13.4. The fourth-order valence-corrected chi connectivity index (χ4v) is 5.48. The number of nitrogens with two attached hydrogens (primary N) is 1. The van der Waals surface area contributed by atoms with Crippen LogP contribution < -0.4 is 11.1 Å². The first-order chi connectivity index (χ1) is 16.9. The van der Waals surface area contributed by atoms with Crippen molar-refractivity contribution in [3.63, 3.8) is 0 Å². The molecular weight excluding hydrogens is 436 g/mol. The van der Waals surface area contributed by atoms with E-state index in [1.165, 1.54) is 16.7 Å². The highest BCUT2D eigenvalue weighted by Gasteiger charge is 2.32. The lowest BCUT2D eigenvalue weighted by molar-refractivity contribution is 0.0999. The Morgan fingerprint density at radius 2 is 1.94 bits per heavy atom. The summed E-state index contributed by atoms with van der Waals surface area (Å²) in [5.74, 6) is 1.48. The molecule has 0 spiro atoms. The molecule has 1 aliphatic heterocycles. The van der Waals surface area contributed by atoms with Gasteiger partial charge in [-0.05, 0) is 84.4 Å². The van der Waals surface area contributed by atoms with E-state index in [-0.39, 0.29) is 18.4 Å². The van der Waals surface area contributed by atoms with Crippen LogP contribution in [0.1, 0.15) is 111 Å². The van der Waals surface area contributed by atoms with Gasteiger partial charge in [-0.2, -0.15) is 0 Å². The first kappa shape index (κ1) is 27.1. The smallest absolute Gasteiger partial charge is 0.251 e. The molecule has 0 saturated heterocycles. The second-order valence-corrected chi connectivity index (χ2v) is 10.1. The van der Waals surface area contributed by atoms with E-state index < -0.39 is 0 Å². The molecular formula is C30H44N2O3. The van der Waals surface area contributed by atoms with Crippen molar-refractivity contribution in [2.24, 2.45) is 11.7 Å². The van der Waals surface area contributed by atoms with Crippen molar-refractivity contribution in [2.45, 2.75) is 84.0 Å². The molecule has 4 N–H and O–H groups in total. The Morgan fingerprint density at radius 3 is 2.60 bits per heavy atom. The number of rotatable bonds is 12. The van der Waals surface area contributed by atoms with Gasteiger partial charge in [-0.3, -0.25) is 4.79 Å². The number of nitrogens with one attached hydrogen (secondary N) is 1. The highest BCUT2D eigenvalue weighted by Crippen LogP contribution is 2.45. The van der Waals surface area contributed by atoms with E-state index >= 15 is 0 Å². The molecule has 2 aliphatic rings. The average Bonchev–Trinajstić information content (AvgIpc) is 3.27. The Kier molecular flexibility index (Phi) is 10.0. The van der Waals surface area contributed by atoms with Gasteiger partial charge >= 0.3 is 0 Å². The van der Waals surface area contributed by atoms with E-state index in [0.29, 0.717) is 17.4 Å². The fourth-order valence-electron chi connectivity index (χ4n) is 5.48. The molecule has 35 heavy (non-hydrogen) atoms. The number of hydrogen-bond donors (Lipinski definition) is 3. The number of ether oxygens (including phenoxy) is 1. The Hall–Kier alpha value is -2.53. The lowest BCUT2D eigenvalue weighted by atomic mass is 9.81. The summed E-state index contributed by atoms with van der Waals surface area (Å²) in [6.45, 7) is 7.64. The van der Waals surface area contributed by atoms with Gasteiger partial charge in [0, 0.05) is 19.1 Å². The van der Waals surface area contributed by atoms with Gasteiger partial charge < -0.3 is 20.9 Å². The predicted molar refractivity (Wildman–Crippen MR) is 146 cm³/mol. The molecule has 1 aliphatic carbocycles. The molecule has 1 heterocycles. The summed E-state index contributed by atoms with van der Waals surface area (Å²) >= 11 is 0. The van der Waals surface area contributed by atoms with Gasteiger partial charge in [-0.15, -0.1) is 0 Å². The Labute approximate surface area is 211 Å². The van der Waals surface area contributed by atoms with Gasteiger partial charge in [0.15, 0.2) is 0 Å². The summed E-state index contributed by atoms with van der Waals surface area (Å²) < 4.78 is 5.50. The number of hydrogen-bond acceptors (Lipinski definition) is 4. The zero-order valence-electron chi connectivity index (χ0n) is 22.0. The summed E-state index contributed by atoms with van der Waals surface area (Å²) in [5, 5.41) is 13.0. The van der Waals surface area contributed by atoms with Crippen molar-refractivity contribution in [2.75, 3.05) is 25.6 Å². The number of amides is 1. The zero-order valence-corrected chi connectivity index (χ0v) is 22.0. The van der Waals surface area contributed by atoms with Crippen LogP contribution in [0, 0.1) is 5.92 Å². The number of allylic oxidation sites excluding steroid dienone is 5. The average molecular weight is 481 g/mol. The van der Waals surface area contributed by atoms with Crippen molar-refractivity contribution in [1.82, 2.24) is 0 Å². The number of carbonyl (C=O) groups is 1. The Morgan fingerprint density at radius 1 is 1.20 bits per heavy atom. The quantitative estimate of drug-likeness (QED) is 0.292. The third-order valence-corrected chi connectivity index (χ3v) is 7.79. The molecule has 1 aromatic rings. The number of fused-ring (bicyclic) bond motifs is 1. The summed E-state index contributed by atoms with van der Waals surface area (Å²) in [4.78, 5) is 12.7. The number of benzene rings is 1. The van der Waals surface area contributed by atoms with Crippen LogP contribution in [0.2, 0.25) is 0 Å². The van der Waals surface area contributed by atoms with Gasteiger partial charge in [0.2, 0.25) is 0 Å². The summed E-state index contributed by atoms with van der Waals surface area (Å²) in [6.07, 6.45) is 16.7. The van der Waals surface area contributed by atoms with E-state index in [4.69, 9.17) is 10.5 Å². The second kappa shape index (κ2) is 13.0. The van der Waals surface area contributed by atoms with Crippen LogP contribution in [0.5, 0.6) is 0 Å². The molecule has 5 nitrogen and oxygen atoms in total. The van der Waals surface area contributed by atoms with Gasteiger partial charge in [0.1, 0.15) is 5.76 Å². The number of aliphatic hydroxyl groups excluding tert-OH is 1. The monoisotopic (exact) mass is 480 g/mol. The number of unbranched alkanes of at least 4 members (excludes halogenated alkanes) is 1. The van der Waals surface area contributed by atoms with Gasteiger partial charge in [-0.25, -0.2) is 0 Å². The minimum absolute atomic E-state index is 0.214. The Balaban J connectivity index is 2.00. The van der Waals surface area contributed by atoms with E-state index in [0.717, 1.165) is 74.9 Å². The molecule has 3 rings (SSSR count). The van der Waals surface area contributed by atoms with E-state index in [2.05, 4.69) is 50.4 Å². The zero-order chi connectivity index (χ0) is 25.4. The van der Waals surface area contributed by atoms with Gasteiger partial charge in [-0.1, -0.05) is 52.2 Å². The van der Waals surface area contributed by atoms with Crippen molar-refractivity contribution in [3.8, 4) is 0 Å². The Bertz CT molecular complexity index is 972. The van der Waals surface area contributed by atoms with Gasteiger partial charge in [0.25, 0.3) is 5.91 Å². The highest BCUT2D eigenvalue weighted by molar-refractivity contribution is 6.03. The topological polar surface area (TPSA) is 84.6 Å². The lowest BCUT2D eigenvalue weighted by Gasteiger charge is -2.23. The van der Waals surface area contributed by atoms with Crippen LogP contribution in [0.4, 0.5) is 5.69 Å². The van der Waals surface area contributed by atoms with Crippen LogP contribution in [0.15, 0.2) is 36.1 Å². The van der Waals surface area contributed by atoms with Crippen LogP contribution in [0.3, 0.4) is 0 Å². The molecule has 5 heteroatoms. The normalized spacial score (nSPS) is 22.9. The molecule has 192 valence electrons. The van der Waals surface area contributed by atoms with Crippen LogP contribution >= 0.6 is 0 Å². The SMILES string of the molecule is CCC1CNc2c(C(N)=O)c(C(C)CCCC[C@@H](CC)CO)cc(C3=C/CC/C=C(OC)/C=C\3)c21. The molecule has 3 atom stereocenters. The van der Waals surface area contributed by atoms with E-state index in [1.54, 1.807) is 7.11 Å². The van der Waals surface area contributed by atoms with Crippen molar-refractivity contribution >= 4 is 17.2 Å². The summed E-state index contributed by atoms with van der Waals surface area (Å²) in [5.41, 5.74) is 12.3. The van der Waals surface area contributed by atoms with E-state index in [9.17, 15) is 9.90 Å². The molecule has 0 saturated carbocycles. The number of methoxy groups -OCH3 is 1. The largest absolute Gasteiger partial charge is 0.497 e. The first-order valence-electron chi connectivity index (χ1n) is 13.4. The molecule has 1 amide bonds. The molecule has 2 unspecified atom stereocenters. The maximum atomic E-state index is 12.7. The minimum Gasteiger partial charge on any atom is -0.497 e. The van der Waals surface area contributed by atoms with E-state index in [1.807, 2.05) is 6.08 Å². The molecule has 0 fully saturated rings. The third kappa shape index (κ3) is 6.38. The maximum Gasteiger partial charge on any atom is 0.251 e. The number of primary amides is 1.